The molecule has 0 saturated heterocycles. The number of nitrogens with one attached hydrogen (secondary N) is 1. The normalized spacial score (nSPS) is 12.8. The Morgan fingerprint density at radius 1 is 1.44 bits per heavy atom. The molecule has 0 fully saturated rings. The average molecular weight is 288 g/mol. The first kappa shape index (κ1) is 13.7. The van der Waals surface area contributed by atoms with Gasteiger partial charge in [-0.25, -0.2) is 4.39 Å². The van der Waals surface area contributed by atoms with Crippen LogP contribution in [0.1, 0.15) is 25.8 Å². The van der Waals surface area contributed by atoms with Crippen LogP contribution in [0.15, 0.2) is 22.7 Å². The topological polar surface area (TPSA) is 12.0 Å². The molecule has 0 aliphatic rings. The van der Waals surface area contributed by atoms with Crippen LogP contribution in [0.25, 0.3) is 0 Å². The van der Waals surface area contributed by atoms with E-state index in [4.69, 9.17) is 0 Å². The Labute approximate surface area is 106 Å². The fraction of sp³-hybridized carbons (Fsp3) is 0.538. The molecule has 0 spiro atoms. The molecule has 0 bridgehead atoms. The van der Waals surface area contributed by atoms with Gasteiger partial charge in [0.15, 0.2) is 0 Å². The second-order valence-electron chi connectivity index (χ2n) is 4.20. The lowest BCUT2D eigenvalue weighted by atomic mass is 9.98. The maximum Gasteiger partial charge on any atom is 0.137 e. The van der Waals surface area contributed by atoms with Crippen LogP contribution >= 0.6 is 15.9 Å². The minimum atomic E-state index is -0.191. The van der Waals surface area contributed by atoms with Crippen molar-refractivity contribution in [2.24, 2.45) is 5.92 Å². The predicted molar refractivity (Wildman–Crippen MR) is 70.1 cm³/mol. The Hall–Kier alpha value is -0.410. The highest BCUT2D eigenvalue weighted by Crippen LogP contribution is 2.19. The van der Waals surface area contributed by atoms with Crippen LogP contribution < -0.4 is 5.32 Å². The van der Waals surface area contributed by atoms with Crippen molar-refractivity contribution in [2.75, 3.05) is 13.1 Å². The summed E-state index contributed by atoms with van der Waals surface area (Å²) < 4.78 is 13.6. The van der Waals surface area contributed by atoms with Crippen LogP contribution in [0.4, 0.5) is 4.39 Å². The highest BCUT2D eigenvalue weighted by molar-refractivity contribution is 9.10. The van der Waals surface area contributed by atoms with Gasteiger partial charge in [0.25, 0.3) is 0 Å². The van der Waals surface area contributed by atoms with E-state index in [1.54, 1.807) is 0 Å². The summed E-state index contributed by atoms with van der Waals surface area (Å²) >= 11 is 3.21. The minimum Gasteiger partial charge on any atom is -0.317 e. The van der Waals surface area contributed by atoms with Crippen molar-refractivity contribution >= 4 is 15.9 Å². The monoisotopic (exact) mass is 287 g/mol. The van der Waals surface area contributed by atoms with Gasteiger partial charge in [0, 0.05) is 0 Å². The van der Waals surface area contributed by atoms with Crippen molar-refractivity contribution < 1.29 is 4.39 Å². The maximum absolute atomic E-state index is 13.0. The van der Waals surface area contributed by atoms with Gasteiger partial charge in [-0.15, -0.1) is 0 Å². The molecule has 0 aliphatic heterocycles. The molecule has 90 valence electrons. The molecule has 1 rings (SSSR count). The van der Waals surface area contributed by atoms with Gasteiger partial charge < -0.3 is 5.32 Å². The first-order chi connectivity index (χ1) is 7.63. The van der Waals surface area contributed by atoms with Crippen molar-refractivity contribution in [3.8, 4) is 0 Å². The number of rotatable bonds is 6. The highest BCUT2D eigenvalue weighted by Gasteiger charge is 2.05. The molecule has 0 radical (unpaired) electrons. The zero-order chi connectivity index (χ0) is 12.0. The number of benzene rings is 1. The second-order valence-corrected chi connectivity index (χ2v) is 5.05. The summed E-state index contributed by atoms with van der Waals surface area (Å²) in [5.41, 5.74) is 1.19. The van der Waals surface area contributed by atoms with E-state index in [9.17, 15) is 4.39 Å². The molecule has 0 saturated carbocycles. The highest BCUT2D eigenvalue weighted by atomic mass is 79.9. The molecule has 0 heterocycles. The molecular formula is C13H19BrFN. The molecule has 0 aliphatic carbocycles. The third kappa shape index (κ3) is 4.62. The van der Waals surface area contributed by atoms with Crippen LogP contribution in [-0.2, 0) is 6.42 Å². The van der Waals surface area contributed by atoms with Crippen LogP contribution in [0.2, 0.25) is 0 Å². The van der Waals surface area contributed by atoms with Gasteiger partial charge in [-0.2, -0.15) is 0 Å². The van der Waals surface area contributed by atoms with Gasteiger partial charge in [-0.3, -0.25) is 0 Å². The lowest BCUT2D eigenvalue weighted by Crippen LogP contribution is -2.17. The Bertz CT molecular complexity index is 328. The van der Waals surface area contributed by atoms with Crippen molar-refractivity contribution in [1.29, 1.82) is 0 Å². The van der Waals surface area contributed by atoms with Crippen molar-refractivity contribution in [3.63, 3.8) is 0 Å². The Kier molecular flexibility index (Phi) is 5.99. The van der Waals surface area contributed by atoms with E-state index >= 15 is 0 Å². The summed E-state index contributed by atoms with van der Waals surface area (Å²) in [6.07, 6.45) is 2.16. The SMILES string of the molecule is CCNCCC(C)Cc1ccc(F)c(Br)c1. The third-order valence-corrected chi connectivity index (χ3v) is 3.24. The first-order valence-electron chi connectivity index (χ1n) is 5.78. The van der Waals surface area contributed by atoms with Crippen LogP contribution in [-0.4, -0.2) is 13.1 Å². The first-order valence-corrected chi connectivity index (χ1v) is 6.57. The lowest BCUT2D eigenvalue weighted by molar-refractivity contribution is 0.503. The molecular weight excluding hydrogens is 269 g/mol. The zero-order valence-electron chi connectivity index (χ0n) is 9.89. The average Bonchev–Trinajstić information content (AvgIpc) is 2.24. The van der Waals surface area contributed by atoms with E-state index in [2.05, 4.69) is 35.1 Å². The van der Waals surface area contributed by atoms with Crippen molar-refractivity contribution in [3.05, 3.63) is 34.1 Å². The van der Waals surface area contributed by atoms with Gasteiger partial charge in [0.05, 0.1) is 4.47 Å². The fourth-order valence-electron chi connectivity index (χ4n) is 1.70. The molecule has 0 amide bonds. The molecule has 3 heteroatoms. The largest absolute Gasteiger partial charge is 0.317 e. The van der Waals surface area contributed by atoms with Gasteiger partial charge in [-0.1, -0.05) is 19.9 Å². The van der Waals surface area contributed by atoms with E-state index in [0.29, 0.717) is 10.4 Å². The zero-order valence-corrected chi connectivity index (χ0v) is 11.5. The van der Waals surface area contributed by atoms with Crippen LogP contribution in [0, 0.1) is 11.7 Å². The van der Waals surface area contributed by atoms with E-state index in [-0.39, 0.29) is 5.82 Å². The molecule has 16 heavy (non-hydrogen) atoms. The molecule has 1 aromatic rings. The summed E-state index contributed by atoms with van der Waals surface area (Å²) in [7, 11) is 0. The molecule has 1 nitrogen and oxygen atoms in total. The molecule has 1 unspecified atom stereocenters. The van der Waals surface area contributed by atoms with Gasteiger partial charge >= 0.3 is 0 Å². The van der Waals surface area contributed by atoms with E-state index < -0.39 is 0 Å². The lowest BCUT2D eigenvalue weighted by Gasteiger charge is -2.12. The molecule has 1 N–H and O–H groups in total. The van der Waals surface area contributed by atoms with Crippen molar-refractivity contribution in [2.45, 2.75) is 26.7 Å². The fourth-order valence-corrected chi connectivity index (χ4v) is 2.12. The quantitative estimate of drug-likeness (QED) is 0.786. The van der Waals surface area contributed by atoms with Gasteiger partial charge in [0.2, 0.25) is 0 Å². The molecule has 0 aromatic heterocycles. The molecule has 1 atom stereocenters. The Morgan fingerprint density at radius 3 is 2.81 bits per heavy atom. The molecule has 1 aromatic carbocycles. The summed E-state index contributed by atoms with van der Waals surface area (Å²) in [6.45, 7) is 6.42. The van der Waals surface area contributed by atoms with E-state index in [1.807, 2.05) is 12.1 Å². The van der Waals surface area contributed by atoms with Gasteiger partial charge in [0.1, 0.15) is 5.82 Å². The summed E-state index contributed by atoms with van der Waals surface area (Å²) in [5, 5.41) is 3.32. The number of hydrogen-bond donors (Lipinski definition) is 1. The van der Waals surface area contributed by atoms with E-state index in [0.717, 1.165) is 25.9 Å². The second kappa shape index (κ2) is 7.02. The van der Waals surface area contributed by atoms with Crippen LogP contribution in [0.5, 0.6) is 0 Å². The van der Waals surface area contributed by atoms with Crippen LogP contribution in [0.3, 0.4) is 0 Å². The third-order valence-electron chi connectivity index (χ3n) is 2.63. The van der Waals surface area contributed by atoms with Gasteiger partial charge in [-0.05, 0) is 65.5 Å². The predicted octanol–water partition coefficient (Wildman–Crippen LogP) is 3.77. The smallest absolute Gasteiger partial charge is 0.137 e. The Balaban J connectivity index is 2.43. The van der Waals surface area contributed by atoms with E-state index in [1.165, 1.54) is 11.6 Å². The Morgan fingerprint density at radius 2 is 2.19 bits per heavy atom. The summed E-state index contributed by atoms with van der Waals surface area (Å²) in [5.74, 6) is 0.431. The van der Waals surface area contributed by atoms with Crippen molar-refractivity contribution in [1.82, 2.24) is 5.32 Å². The standard InChI is InChI=1S/C13H19BrFN/c1-3-16-7-6-10(2)8-11-4-5-13(15)12(14)9-11/h4-5,9-10,16H,3,6-8H2,1-2H3. The summed E-state index contributed by atoms with van der Waals surface area (Å²) in [4.78, 5) is 0. The number of hydrogen-bond acceptors (Lipinski definition) is 1. The minimum absolute atomic E-state index is 0.191. The summed E-state index contributed by atoms with van der Waals surface area (Å²) in [6, 6.07) is 5.26. The number of halogens is 2. The maximum atomic E-state index is 13.0.